The van der Waals surface area contributed by atoms with Crippen molar-refractivity contribution in [3.8, 4) is 0 Å². The van der Waals surface area contributed by atoms with Crippen LogP contribution in [0.1, 0.15) is 6.92 Å². The number of hydrogen-bond donors (Lipinski definition) is 2. The van der Waals surface area contributed by atoms with Gasteiger partial charge in [0, 0.05) is 0 Å². The average molecular weight is 195 g/mol. The highest BCUT2D eigenvalue weighted by Crippen LogP contribution is 2.18. The van der Waals surface area contributed by atoms with Crippen LogP contribution in [0.4, 0.5) is 5.82 Å². The Morgan fingerprint density at radius 2 is 2.38 bits per heavy atom. The molecule has 0 fully saturated rings. The summed E-state index contributed by atoms with van der Waals surface area (Å²) >= 11 is 1.55. The lowest BCUT2D eigenvalue weighted by molar-refractivity contribution is 1.00. The second kappa shape index (κ2) is 3.21. The summed E-state index contributed by atoms with van der Waals surface area (Å²) in [4.78, 5) is 15.2. The van der Waals surface area contributed by atoms with Gasteiger partial charge >= 0.3 is 0 Å². The van der Waals surface area contributed by atoms with Gasteiger partial charge in [-0.05, 0) is 5.75 Å². The van der Waals surface area contributed by atoms with Crippen LogP contribution < -0.4 is 5.73 Å². The van der Waals surface area contributed by atoms with Crippen molar-refractivity contribution in [1.29, 1.82) is 0 Å². The van der Waals surface area contributed by atoms with Gasteiger partial charge in [0.05, 0.1) is 6.33 Å². The number of imidazole rings is 1. The quantitative estimate of drug-likeness (QED) is 0.553. The summed E-state index contributed by atoms with van der Waals surface area (Å²) < 4.78 is 0. The van der Waals surface area contributed by atoms with Crippen LogP contribution in [0.15, 0.2) is 11.5 Å². The molecular weight excluding hydrogens is 186 g/mol. The van der Waals surface area contributed by atoms with Gasteiger partial charge in [-0.3, -0.25) is 0 Å². The summed E-state index contributed by atoms with van der Waals surface area (Å²) in [7, 11) is 0. The SMILES string of the molecule is CCSc1nc(N)c2[nH]cnc2n1. The minimum Gasteiger partial charge on any atom is -0.382 e. The van der Waals surface area contributed by atoms with E-state index in [0.29, 0.717) is 22.1 Å². The smallest absolute Gasteiger partial charge is 0.191 e. The molecule has 2 aromatic heterocycles. The first-order valence-corrected chi connectivity index (χ1v) is 4.89. The monoisotopic (exact) mass is 195 g/mol. The van der Waals surface area contributed by atoms with E-state index in [0.717, 1.165) is 5.75 Å². The summed E-state index contributed by atoms with van der Waals surface area (Å²) in [6, 6.07) is 0. The molecule has 3 N–H and O–H groups in total. The Hall–Kier alpha value is -1.30. The van der Waals surface area contributed by atoms with Gasteiger partial charge < -0.3 is 10.7 Å². The van der Waals surface area contributed by atoms with Gasteiger partial charge in [-0.15, -0.1) is 0 Å². The molecule has 0 aromatic carbocycles. The highest BCUT2D eigenvalue weighted by molar-refractivity contribution is 7.99. The molecule has 0 atom stereocenters. The van der Waals surface area contributed by atoms with Crippen molar-refractivity contribution in [3.05, 3.63) is 6.33 Å². The fraction of sp³-hybridized carbons (Fsp3) is 0.286. The maximum Gasteiger partial charge on any atom is 0.191 e. The minimum absolute atomic E-state index is 0.457. The number of nitrogens with two attached hydrogens (primary N) is 1. The van der Waals surface area contributed by atoms with E-state index in [-0.39, 0.29) is 0 Å². The third kappa shape index (κ3) is 1.44. The molecule has 68 valence electrons. The van der Waals surface area contributed by atoms with E-state index in [4.69, 9.17) is 5.73 Å². The lowest BCUT2D eigenvalue weighted by Crippen LogP contribution is -1.96. The Morgan fingerprint density at radius 1 is 1.54 bits per heavy atom. The van der Waals surface area contributed by atoms with Gasteiger partial charge in [-0.2, -0.15) is 0 Å². The molecule has 0 amide bonds. The number of anilines is 1. The number of nitrogens with one attached hydrogen (secondary N) is 1. The maximum absolute atomic E-state index is 5.70. The summed E-state index contributed by atoms with van der Waals surface area (Å²) in [5.74, 6) is 1.38. The first kappa shape index (κ1) is 8.31. The maximum atomic E-state index is 5.70. The first-order valence-electron chi connectivity index (χ1n) is 3.90. The van der Waals surface area contributed by atoms with E-state index in [1.54, 1.807) is 18.1 Å². The lowest BCUT2D eigenvalue weighted by atomic mass is 10.5. The Labute approximate surface area is 79.2 Å². The molecule has 13 heavy (non-hydrogen) atoms. The molecule has 0 saturated carbocycles. The second-order valence-electron chi connectivity index (χ2n) is 2.43. The van der Waals surface area contributed by atoms with Crippen LogP contribution in [0.2, 0.25) is 0 Å². The van der Waals surface area contributed by atoms with Crippen LogP contribution in [0.3, 0.4) is 0 Å². The zero-order chi connectivity index (χ0) is 9.26. The molecule has 0 spiro atoms. The zero-order valence-electron chi connectivity index (χ0n) is 7.11. The molecule has 0 aliphatic heterocycles. The van der Waals surface area contributed by atoms with E-state index < -0.39 is 0 Å². The summed E-state index contributed by atoms with van der Waals surface area (Å²) in [6.07, 6.45) is 1.57. The van der Waals surface area contributed by atoms with E-state index in [9.17, 15) is 0 Å². The first-order chi connectivity index (χ1) is 6.31. The van der Waals surface area contributed by atoms with E-state index >= 15 is 0 Å². The molecule has 5 nitrogen and oxygen atoms in total. The molecule has 2 heterocycles. The standard InChI is InChI=1S/C7H9N5S/c1-2-13-7-11-5(8)4-6(12-7)10-3-9-4/h3H,2H2,1H3,(H3,8,9,10,11,12). The number of rotatable bonds is 2. The van der Waals surface area contributed by atoms with Crippen molar-refractivity contribution in [2.75, 3.05) is 11.5 Å². The van der Waals surface area contributed by atoms with E-state index in [1.165, 1.54) is 0 Å². The highest BCUT2D eigenvalue weighted by Gasteiger charge is 2.06. The third-order valence-corrected chi connectivity index (χ3v) is 2.30. The topological polar surface area (TPSA) is 80.5 Å². The number of fused-ring (bicyclic) bond motifs is 1. The van der Waals surface area contributed by atoms with Crippen molar-refractivity contribution in [2.45, 2.75) is 12.1 Å². The van der Waals surface area contributed by atoms with Gasteiger partial charge in [-0.1, -0.05) is 18.7 Å². The Kier molecular flexibility index (Phi) is 2.05. The zero-order valence-corrected chi connectivity index (χ0v) is 7.93. The number of aromatic amines is 1. The minimum atomic E-state index is 0.457. The third-order valence-electron chi connectivity index (χ3n) is 1.57. The predicted molar refractivity (Wildman–Crippen MR) is 52.5 cm³/mol. The van der Waals surface area contributed by atoms with Gasteiger partial charge in [0.1, 0.15) is 5.52 Å². The van der Waals surface area contributed by atoms with E-state index in [2.05, 4.69) is 19.9 Å². The van der Waals surface area contributed by atoms with Crippen LogP contribution in [0, 0.1) is 0 Å². The van der Waals surface area contributed by atoms with Crippen LogP contribution in [0.5, 0.6) is 0 Å². The molecule has 0 aliphatic rings. The number of H-pyrrole nitrogens is 1. The number of nitrogens with zero attached hydrogens (tertiary/aromatic N) is 3. The summed E-state index contributed by atoms with van der Waals surface area (Å²) in [5.41, 5.74) is 7.03. The Morgan fingerprint density at radius 3 is 3.15 bits per heavy atom. The molecule has 0 unspecified atom stereocenters. The van der Waals surface area contributed by atoms with Crippen molar-refractivity contribution in [2.24, 2.45) is 0 Å². The largest absolute Gasteiger partial charge is 0.382 e. The number of thioether (sulfide) groups is 1. The molecule has 2 rings (SSSR count). The predicted octanol–water partition coefficient (Wildman–Crippen LogP) is 1.05. The van der Waals surface area contributed by atoms with Gasteiger partial charge in [0.2, 0.25) is 0 Å². The summed E-state index contributed by atoms with van der Waals surface area (Å²) in [5, 5.41) is 0.680. The van der Waals surface area contributed by atoms with Crippen molar-refractivity contribution in [1.82, 2.24) is 19.9 Å². The molecule has 2 aromatic rings. The van der Waals surface area contributed by atoms with Crippen molar-refractivity contribution >= 4 is 28.7 Å². The molecule has 0 radical (unpaired) electrons. The van der Waals surface area contributed by atoms with Gasteiger partial charge in [0.25, 0.3) is 0 Å². The average Bonchev–Trinajstić information content (AvgIpc) is 2.53. The number of hydrogen-bond acceptors (Lipinski definition) is 5. The molecule has 0 saturated heterocycles. The molecule has 0 bridgehead atoms. The number of aromatic nitrogens is 4. The fourth-order valence-corrected chi connectivity index (χ4v) is 1.60. The second-order valence-corrected chi connectivity index (χ2v) is 3.66. The molecule has 0 aliphatic carbocycles. The normalized spacial score (nSPS) is 10.8. The van der Waals surface area contributed by atoms with Crippen LogP contribution >= 0.6 is 11.8 Å². The van der Waals surface area contributed by atoms with Crippen LogP contribution in [-0.2, 0) is 0 Å². The number of nitrogen functional groups attached to an aromatic ring is 1. The summed E-state index contributed by atoms with van der Waals surface area (Å²) in [6.45, 7) is 2.04. The molecular formula is C7H9N5S. The molecule has 6 heteroatoms. The van der Waals surface area contributed by atoms with Crippen molar-refractivity contribution in [3.63, 3.8) is 0 Å². The van der Waals surface area contributed by atoms with Crippen LogP contribution in [0.25, 0.3) is 11.2 Å². The Bertz CT molecular complexity index is 424. The highest BCUT2D eigenvalue weighted by atomic mass is 32.2. The lowest BCUT2D eigenvalue weighted by Gasteiger charge is -1.98. The van der Waals surface area contributed by atoms with E-state index in [1.807, 2.05) is 6.92 Å². The Balaban J connectivity index is 2.56. The fourth-order valence-electron chi connectivity index (χ4n) is 1.03. The van der Waals surface area contributed by atoms with Gasteiger partial charge in [0.15, 0.2) is 16.6 Å². The van der Waals surface area contributed by atoms with Gasteiger partial charge in [-0.25, -0.2) is 15.0 Å². The van der Waals surface area contributed by atoms with Crippen LogP contribution in [-0.4, -0.2) is 25.7 Å². The van der Waals surface area contributed by atoms with Crippen molar-refractivity contribution < 1.29 is 0 Å².